The van der Waals surface area contributed by atoms with Gasteiger partial charge in [0.05, 0.1) is 11.7 Å². The first kappa shape index (κ1) is 29.3. The van der Waals surface area contributed by atoms with Crippen molar-refractivity contribution in [2.45, 2.75) is 135 Å². The number of hydrogen-bond acceptors (Lipinski definition) is 5. The van der Waals surface area contributed by atoms with Gasteiger partial charge in [0.15, 0.2) is 0 Å². The van der Waals surface area contributed by atoms with E-state index in [-0.39, 0.29) is 34.2 Å². The van der Waals surface area contributed by atoms with E-state index < -0.39 is 5.60 Å². The number of piperidine rings is 1. The summed E-state index contributed by atoms with van der Waals surface area (Å²) in [5.74, 6) is 3.69. The lowest BCUT2D eigenvalue weighted by atomic mass is 9.30. The van der Waals surface area contributed by atoms with Crippen LogP contribution in [0.15, 0.2) is 12.2 Å². The Kier molecular flexibility index (Phi) is 7.35. The molecule has 41 heavy (non-hydrogen) atoms. The molecule has 5 heteroatoms. The van der Waals surface area contributed by atoms with Crippen LogP contribution in [-0.4, -0.2) is 60.2 Å². The molecule has 3 bridgehead atoms. The molecular formula is C36H61N3O2. The van der Waals surface area contributed by atoms with Crippen molar-refractivity contribution in [3.63, 3.8) is 0 Å². The van der Waals surface area contributed by atoms with Crippen LogP contribution in [0.3, 0.4) is 0 Å². The summed E-state index contributed by atoms with van der Waals surface area (Å²) in [5.41, 5.74) is -0.495. The van der Waals surface area contributed by atoms with Crippen molar-refractivity contribution in [1.29, 1.82) is 0 Å². The Morgan fingerprint density at radius 1 is 1.05 bits per heavy atom. The number of likely N-dealkylation sites (N-methyl/N-ethyl adjacent to an activating group) is 1. The van der Waals surface area contributed by atoms with Crippen LogP contribution in [0.4, 0.5) is 0 Å². The lowest BCUT2D eigenvalue weighted by Crippen LogP contribution is -2.76. The van der Waals surface area contributed by atoms with E-state index in [0.29, 0.717) is 41.8 Å². The zero-order chi connectivity index (χ0) is 28.8. The van der Waals surface area contributed by atoms with Gasteiger partial charge in [0.25, 0.3) is 0 Å². The van der Waals surface area contributed by atoms with Gasteiger partial charge in [-0.3, -0.25) is 0 Å². The highest BCUT2D eigenvalue weighted by Crippen LogP contribution is 2.83. The minimum Gasteiger partial charge on any atom is -0.392 e. The van der Waals surface area contributed by atoms with Crippen molar-refractivity contribution < 1.29 is 10.2 Å². The molecule has 6 fully saturated rings. The number of fused-ring (bicyclic) bond motifs is 5. The van der Waals surface area contributed by atoms with E-state index in [0.717, 1.165) is 51.1 Å². The summed E-state index contributed by atoms with van der Waals surface area (Å²) in [6, 6.07) is 1.73. The van der Waals surface area contributed by atoms with Gasteiger partial charge in [-0.1, -0.05) is 45.8 Å². The number of allylic oxidation sites excluding steroid dienone is 1. The van der Waals surface area contributed by atoms with Crippen molar-refractivity contribution in [3.8, 4) is 0 Å². The van der Waals surface area contributed by atoms with Crippen molar-refractivity contribution in [1.82, 2.24) is 16.0 Å². The topological polar surface area (TPSA) is 76.5 Å². The Morgan fingerprint density at radius 2 is 1.88 bits per heavy atom. The maximum atomic E-state index is 12.8. The zero-order valence-corrected chi connectivity index (χ0v) is 26.8. The predicted octanol–water partition coefficient (Wildman–Crippen LogP) is 5.27. The Balaban J connectivity index is 1.19. The number of rotatable bonds is 9. The van der Waals surface area contributed by atoms with E-state index >= 15 is 0 Å². The molecule has 14 unspecified atom stereocenters. The summed E-state index contributed by atoms with van der Waals surface area (Å²) >= 11 is 0. The molecule has 5 nitrogen and oxygen atoms in total. The summed E-state index contributed by atoms with van der Waals surface area (Å²) in [6.45, 7) is 11.5. The summed E-state index contributed by atoms with van der Waals surface area (Å²) in [6.07, 6.45) is 18.8. The minimum absolute atomic E-state index is 0.0330. The summed E-state index contributed by atoms with van der Waals surface area (Å²) in [5, 5.41) is 36.8. The van der Waals surface area contributed by atoms with Gasteiger partial charge < -0.3 is 26.2 Å². The van der Waals surface area contributed by atoms with E-state index in [1.165, 1.54) is 44.9 Å². The molecule has 2 spiro atoms. The second-order valence-electron chi connectivity index (χ2n) is 17.4. The summed E-state index contributed by atoms with van der Waals surface area (Å²) < 4.78 is 0. The second kappa shape index (κ2) is 10.3. The first-order valence-corrected chi connectivity index (χ1v) is 17.8. The number of aliphatic hydroxyl groups is 2. The van der Waals surface area contributed by atoms with Crippen LogP contribution in [0.25, 0.3) is 0 Å². The second-order valence-corrected chi connectivity index (χ2v) is 17.4. The van der Waals surface area contributed by atoms with Crippen molar-refractivity contribution in [2.75, 3.05) is 20.1 Å². The molecule has 1 aliphatic heterocycles. The highest BCUT2D eigenvalue weighted by molar-refractivity contribution is 5.33. The van der Waals surface area contributed by atoms with Gasteiger partial charge in [-0.25, -0.2) is 0 Å². The van der Waals surface area contributed by atoms with E-state index in [1.54, 1.807) is 0 Å². The Labute approximate surface area is 250 Å². The van der Waals surface area contributed by atoms with E-state index in [9.17, 15) is 10.2 Å². The van der Waals surface area contributed by atoms with Crippen LogP contribution >= 0.6 is 0 Å². The zero-order valence-electron chi connectivity index (χ0n) is 26.8. The van der Waals surface area contributed by atoms with Crippen molar-refractivity contribution in [2.24, 2.45) is 57.7 Å². The molecule has 0 aromatic heterocycles. The van der Waals surface area contributed by atoms with Gasteiger partial charge in [-0.05, 0) is 131 Å². The number of nitrogens with one attached hydrogen (secondary N) is 3. The third-order valence-corrected chi connectivity index (χ3v) is 14.5. The maximum absolute atomic E-state index is 12.8. The van der Waals surface area contributed by atoms with E-state index in [1.807, 2.05) is 0 Å². The lowest BCUT2D eigenvalue weighted by molar-refractivity contribution is -0.308. The van der Waals surface area contributed by atoms with Crippen LogP contribution in [-0.2, 0) is 0 Å². The van der Waals surface area contributed by atoms with Crippen LogP contribution in [0.1, 0.15) is 105 Å². The quantitative estimate of drug-likeness (QED) is 0.246. The Bertz CT molecular complexity index is 1020. The van der Waals surface area contributed by atoms with Crippen LogP contribution in [0.2, 0.25) is 0 Å². The van der Waals surface area contributed by atoms with Crippen molar-refractivity contribution >= 4 is 0 Å². The average molecular weight is 568 g/mol. The molecule has 0 aromatic rings. The third-order valence-electron chi connectivity index (χ3n) is 14.5. The fraction of sp³-hybridized carbons (Fsp3) is 0.944. The highest BCUT2D eigenvalue weighted by Gasteiger charge is 2.82. The molecule has 0 amide bonds. The average Bonchev–Trinajstić information content (AvgIpc) is 3.29. The maximum Gasteiger partial charge on any atom is 0.0693 e. The molecule has 6 aliphatic carbocycles. The predicted molar refractivity (Wildman–Crippen MR) is 166 cm³/mol. The van der Waals surface area contributed by atoms with Gasteiger partial charge in [0.2, 0.25) is 0 Å². The fourth-order valence-electron chi connectivity index (χ4n) is 13.2. The fourth-order valence-corrected chi connectivity index (χ4v) is 13.2. The summed E-state index contributed by atoms with van der Waals surface area (Å²) in [4.78, 5) is 0. The van der Waals surface area contributed by atoms with Crippen LogP contribution < -0.4 is 16.0 Å². The van der Waals surface area contributed by atoms with Crippen LogP contribution in [0, 0.1) is 57.7 Å². The molecule has 7 rings (SSSR count). The minimum atomic E-state index is -0.604. The van der Waals surface area contributed by atoms with Gasteiger partial charge >= 0.3 is 0 Å². The number of aliphatic hydroxyl groups excluding tert-OH is 1. The molecule has 232 valence electrons. The first-order chi connectivity index (χ1) is 19.5. The Morgan fingerprint density at radius 3 is 2.66 bits per heavy atom. The molecule has 1 saturated heterocycles. The van der Waals surface area contributed by atoms with E-state index in [2.05, 4.69) is 62.8 Å². The van der Waals surface area contributed by atoms with Gasteiger partial charge in [0.1, 0.15) is 0 Å². The number of hydrogen-bond donors (Lipinski definition) is 5. The molecule has 0 aromatic carbocycles. The monoisotopic (exact) mass is 567 g/mol. The molecule has 14 atom stereocenters. The SMILES string of the molecule is CNCC1CCC2CC34C(O)C5C=CC6CC5(C)CC(O)(C6)C3CC43CC(CCCC(C)NCC(C)C)CC3C2N1. The highest BCUT2D eigenvalue weighted by atomic mass is 16.3. The van der Waals surface area contributed by atoms with Gasteiger partial charge in [-0.15, -0.1) is 0 Å². The van der Waals surface area contributed by atoms with Crippen LogP contribution in [0.5, 0.6) is 0 Å². The third kappa shape index (κ3) is 4.32. The van der Waals surface area contributed by atoms with E-state index in [4.69, 9.17) is 0 Å². The van der Waals surface area contributed by atoms with Gasteiger partial charge in [-0.2, -0.15) is 0 Å². The molecule has 5 N–H and O–H groups in total. The molecule has 5 saturated carbocycles. The molecule has 1 heterocycles. The smallest absolute Gasteiger partial charge is 0.0693 e. The standard InChI is InChI=1S/C36H61N3O2/c1-22(2)19-38-23(3)7-6-8-24-13-29-31-26(10-11-27(39-31)20-37-5)17-36-30(18-34(29,36)15-24)35(41)16-25-9-12-28(32(36)40)33(4,14-25)21-35/h9,12,22-32,37-41H,6-8,10-11,13-21H2,1-5H3. The molecular weight excluding hydrogens is 506 g/mol. The normalized spacial score (nSPS) is 53.6. The lowest BCUT2D eigenvalue weighted by Gasteiger charge is -2.75. The molecule has 7 aliphatic rings. The largest absolute Gasteiger partial charge is 0.392 e. The molecule has 0 radical (unpaired) electrons. The summed E-state index contributed by atoms with van der Waals surface area (Å²) in [7, 11) is 2.09. The van der Waals surface area contributed by atoms with Gasteiger partial charge in [0, 0.05) is 36.0 Å². The first-order valence-electron chi connectivity index (χ1n) is 17.8. The Hall–Kier alpha value is -0.460. The van der Waals surface area contributed by atoms with Crippen molar-refractivity contribution in [3.05, 3.63) is 12.2 Å².